The third kappa shape index (κ3) is 3.36. The number of rotatable bonds is 3. The molecule has 80 valence electrons. The van der Waals surface area contributed by atoms with E-state index in [0.717, 1.165) is 12.8 Å². The number of amides is 1. The summed E-state index contributed by atoms with van der Waals surface area (Å²) in [6.45, 7) is 2.17. The van der Waals surface area contributed by atoms with Crippen molar-refractivity contribution in [2.75, 3.05) is 6.54 Å². The Bertz CT molecular complexity index is 219. The van der Waals surface area contributed by atoms with Crippen LogP contribution in [0.2, 0.25) is 0 Å². The average Bonchev–Trinajstić information content (AvgIpc) is 2.15. The molecule has 0 aromatic heterocycles. The molecule has 0 aromatic rings. The van der Waals surface area contributed by atoms with Gasteiger partial charge in [-0.25, -0.2) is 0 Å². The van der Waals surface area contributed by atoms with Crippen molar-refractivity contribution in [3.63, 3.8) is 0 Å². The monoisotopic (exact) mass is 198 g/mol. The molecule has 0 aromatic carbocycles. The molecule has 1 saturated carbocycles. The summed E-state index contributed by atoms with van der Waals surface area (Å²) in [5, 5.41) is 13.3. The fourth-order valence-electron chi connectivity index (χ4n) is 1.89. The Kier molecular flexibility index (Phi) is 3.92. The molecule has 0 heterocycles. The summed E-state index contributed by atoms with van der Waals surface area (Å²) < 4.78 is 0. The van der Waals surface area contributed by atoms with Crippen LogP contribution in [-0.2, 0) is 9.59 Å². The Morgan fingerprint density at radius 2 is 1.86 bits per heavy atom. The topological polar surface area (TPSA) is 69.2 Å². The Morgan fingerprint density at radius 1 is 1.29 bits per heavy atom. The number of aliphatic carboxylic acids is 1. The quantitative estimate of drug-likeness (QED) is 0.675. The molecule has 4 heteroatoms. The SMILES string of the molecule is CC(=O)NCC1CCC(C(=O)[O-])CC1. The number of carbonyl (C=O) groups is 2. The Morgan fingerprint density at radius 3 is 2.29 bits per heavy atom. The van der Waals surface area contributed by atoms with Crippen molar-refractivity contribution in [2.45, 2.75) is 32.6 Å². The molecular weight excluding hydrogens is 182 g/mol. The number of carbonyl (C=O) groups excluding carboxylic acids is 2. The molecule has 0 bridgehead atoms. The van der Waals surface area contributed by atoms with Crippen LogP contribution in [0.3, 0.4) is 0 Å². The second-order valence-corrected chi connectivity index (χ2v) is 3.97. The molecule has 14 heavy (non-hydrogen) atoms. The lowest BCUT2D eigenvalue weighted by atomic mass is 9.82. The number of hydrogen-bond donors (Lipinski definition) is 1. The predicted octanol–water partition coefficient (Wildman–Crippen LogP) is -0.321. The van der Waals surface area contributed by atoms with E-state index in [1.807, 2.05) is 0 Å². The number of nitrogens with one attached hydrogen (secondary N) is 1. The van der Waals surface area contributed by atoms with E-state index in [1.165, 1.54) is 6.92 Å². The molecule has 0 atom stereocenters. The van der Waals surface area contributed by atoms with Crippen molar-refractivity contribution < 1.29 is 14.7 Å². The molecule has 4 nitrogen and oxygen atoms in total. The maximum atomic E-state index is 10.6. The van der Waals surface area contributed by atoms with E-state index in [-0.39, 0.29) is 11.8 Å². The maximum Gasteiger partial charge on any atom is 0.216 e. The number of carboxylic acids is 1. The maximum absolute atomic E-state index is 10.6. The van der Waals surface area contributed by atoms with Crippen LogP contribution in [0.1, 0.15) is 32.6 Å². The van der Waals surface area contributed by atoms with E-state index in [1.54, 1.807) is 0 Å². The zero-order valence-electron chi connectivity index (χ0n) is 8.41. The fraction of sp³-hybridized carbons (Fsp3) is 0.800. The molecule has 1 aliphatic rings. The number of carboxylic acid groups (broad SMARTS) is 1. The third-order valence-corrected chi connectivity index (χ3v) is 2.82. The van der Waals surface area contributed by atoms with Gasteiger partial charge in [0.25, 0.3) is 0 Å². The van der Waals surface area contributed by atoms with Crippen molar-refractivity contribution in [3.05, 3.63) is 0 Å². The van der Waals surface area contributed by atoms with Gasteiger partial charge in [0.1, 0.15) is 0 Å². The molecule has 1 amide bonds. The van der Waals surface area contributed by atoms with Crippen molar-refractivity contribution >= 4 is 11.9 Å². The molecule has 0 radical (unpaired) electrons. The van der Waals surface area contributed by atoms with Crippen LogP contribution in [-0.4, -0.2) is 18.4 Å². The highest BCUT2D eigenvalue weighted by Crippen LogP contribution is 2.27. The minimum Gasteiger partial charge on any atom is -0.550 e. The van der Waals surface area contributed by atoms with Crippen LogP contribution >= 0.6 is 0 Å². The highest BCUT2D eigenvalue weighted by molar-refractivity contribution is 5.72. The first-order valence-corrected chi connectivity index (χ1v) is 5.05. The van der Waals surface area contributed by atoms with Crippen LogP contribution < -0.4 is 10.4 Å². The average molecular weight is 198 g/mol. The van der Waals surface area contributed by atoms with Crippen LogP contribution in [0.5, 0.6) is 0 Å². The van der Waals surface area contributed by atoms with Gasteiger partial charge in [0.05, 0.1) is 0 Å². The van der Waals surface area contributed by atoms with Crippen LogP contribution in [0.15, 0.2) is 0 Å². The first kappa shape index (κ1) is 11.0. The third-order valence-electron chi connectivity index (χ3n) is 2.82. The fourth-order valence-corrected chi connectivity index (χ4v) is 1.89. The zero-order valence-corrected chi connectivity index (χ0v) is 8.41. The van der Waals surface area contributed by atoms with Gasteiger partial charge < -0.3 is 15.2 Å². The molecule has 0 spiro atoms. The van der Waals surface area contributed by atoms with E-state index in [0.29, 0.717) is 25.3 Å². The second kappa shape index (κ2) is 4.98. The van der Waals surface area contributed by atoms with E-state index < -0.39 is 5.97 Å². The molecule has 1 rings (SSSR count). The van der Waals surface area contributed by atoms with Gasteiger partial charge in [-0.05, 0) is 37.5 Å². The van der Waals surface area contributed by atoms with Crippen molar-refractivity contribution in [3.8, 4) is 0 Å². The van der Waals surface area contributed by atoms with E-state index in [9.17, 15) is 14.7 Å². The van der Waals surface area contributed by atoms with Crippen molar-refractivity contribution in [1.29, 1.82) is 0 Å². The summed E-state index contributed by atoms with van der Waals surface area (Å²) in [7, 11) is 0. The summed E-state index contributed by atoms with van der Waals surface area (Å²) in [5.74, 6) is -0.784. The minimum absolute atomic E-state index is 0.0213. The van der Waals surface area contributed by atoms with Gasteiger partial charge in [0, 0.05) is 19.4 Å². The van der Waals surface area contributed by atoms with E-state index in [4.69, 9.17) is 0 Å². The zero-order chi connectivity index (χ0) is 10.6. The molecule has 0 aliphatic heterocycles. The molecule has 1 N–H and O–H groups in total. The summed E-state index contributed by atoms with van der Waals surface area (Å²) in [5.41, 5.74) is 0. The van der Waals surface area contributed by atoms with Gasteiger partial charge in [-0.15, -0.1) is 0 Å². The highest BCUT2D eigenvalue weighted by atomic mass is 16.4. The van der Waals surface area contributed by atoms with Gasteiger partial charge in [-0.2, -0.15) is 0 Å². The molecular formula is C10H16NO3-. The summed E-state index contributed by atoms with van der Waals surface area (Å²) in [6.07, 6.45) is 3.12. The minimum atomic E-state index is -0.928. The lowest BCUT2D eigenvalue weighted by Crippen LogP contribution is -2.36. The van der Waals surface area contributed by atoms with Crippen LogP contribution in [0.25, 0.3) is 0 Å². The van der Waals surface area contributed by atoms with Gasteiger partial charge in [-0.1, -0.05) is 0 Å². The first-order chi connectivity index (χ1) is 6.59. The molecule has 1 fully saturated rings. The summed E-state index contributed by atoms with van der Waals surface area (Å²) >= 11 is 0. The molecule has 0 unspecified atom stereocenters. The largest absolute Gasteiger partial charge is 0.550 e. The van der Waals surface area contributed by atoms with Crippen LogP contribution in [0.4, 0.5) is 0 Å². The summed E-state index contributed by atoms with van der Waals surface area (Å²) in [6, 6.07) is 0. The van der Waals surface area contributed by atoms with E-state index >= 15 is 0 Å². The normalized spacial score (nSPS) is 26.9. The Labute approximate surface area is 83.7 Å². The van der Waals surface area contributed by atoms with Gasteiger partial charge >= 0.3 is 0 Å². The van der Waals surface area contributed by atoms with E-state index in [2.05, 4.69) is 5.32 Å². The van der Waals surface area contributed by atoms with Crippen molar-refractivity contribution in [1.82, 2.24) is 5.32 Å². The Balaban J connectivity index is 2.22. The number of hydrogen-bond acceptors (Lipinski definition) is 3. The lowest BCUT2D eigenvalue weighted by Gasteiger charge is -2.28. The lowest BCUT2D eigenvalue weighted by molar-refractivity contribution is -0.312. The summed E-state index contributed by atoms with van der Waals surface area (Å²) in [4.78, 5) is 21.2. The van der Waals surface area contributed by atoms with Gasteiger partial charge in [0.2, 0.25) is 5.91 Å². The van der Waals surface area contributed by atoms with Crippen LogP contribution in [0, 0.1) is 11.8 Å². The predicted molar refractivity (Wildman–Crippen MR) is 49.1 cm³/mol. The first-order valence-electron chi connectivity index (χ1n) is 5.05. The highest BCUT2D eigenvalue weighted by Gasteiger charge is 2.21. The molecule has 1 aliphatic carbocycles. The second-order valence-electron chi connectivity index (χ2n) is 3.97. The standard InChI is InChI=1S/C10H17NO3/c1-7(12)11-6-8-2-4-9(5-3-8)10(13)14/h8-9H,2-6H2,1H3,(H,11,12)(H,13,14)/p-1. The van der Waals surface area contributed by atoms with Gasteiger partial charge in [0.15, 0.2) is 0 Å². The molecule has 0 saturated heterocycles. The van der Waals surface area contributed by atoms with Gasteiger partial charge in [-0.3, -0.25) is 4.79 Å². The van der Waals surface area contributed by atoms with Crippen molar-refractivity contribution in [2.24, 2.45) is 11.8 Å². The Hall–Kier alpha value is -1.06. The smallest absolute Gasteiger partial charge is 0.216 e.